The molecular formula is C13H17NO5S. The Kier molecular flexibility index (Phi) is 3.99. The molecule has 1 aromatic rings. The summed E-state index contributed by atoms with van der Waals surface area (Å²) in [4.78, 5) is 14.8. The van der Waals surface area contributed by atoms with Crippen LogP contribution in [0.4, 0.5) is 0 Å². The molecule has 1 aliphatic rings. The third-order valence-corrected chi connectivity index (χ3v) is 5.16. The molecule has 6 nitrogen and oxygen atoms in total. The van der Waals surface area contributed by atoms with Gasteiger partial charge < -0.3 is 9.84 Å². The Hall–Kier alpha value is -1.63. The molecule has 0 unspecified atom stereocenters. The van der Waals surface area contributed by atoms with Crippen molar-refractivity contribution >= 4 is 15.8 Å². The number of nitrogens with zero attached hydrogens (tertiary/aromatic N) is 1. The minimum atomic E-state index is -3.38. The molecule has 1 aromatic heterocycles. The van der Waals surface area contributed by atoms with Crippen LogP contribution < -0.4 is 4.74 Å². The molecular weight excluding hydrogens is 282 g/mol. The summed E-state index contributed by atoms with van der Waals surface area (Å²) in [5.41, 5.74) is -0.153. The predicted molar refractivity (Wildman–Crippen MR) is 72.2 cm³/mol. The number of hydrogen-bond donors (Lipinski definition) is 1. The number of ether oxygens (including phenoxy) is 1. The molecule has 1 saturated carbocycles. The van der Waals surface area contributed by atoms with Crippen molar-refractivity contribution in [2.75, 3.05) is 12.9 Å². The number of carbonyl (C=O) groups is 1. The molecule has 0 aromatic carbocycles. The van der Waals surface area contributed by atoms with Gasteiger partial charge in [-0.05, 0) is 24.3 Å². The second-order valence-electron chi connectivity index (χ2n) is 5.27. The van der Waals surface area contributed by atoms with Crippen LogP contribution in [0.2, 0.25) is 0 Å². The molecule has 0 aliphatic heterocycles. The Bertz CT molecular complexity index is 607. The van der Waals surface area contributed by atoms with E-state index in [4.69, 9.17) is 9.84 Å². The minimum absolute atomic E-state index is 0.0855. The lowest BCUT2D eigenvalue weighted by Crippen LogP contribution is -2.22. The van der Waals surface area contributed by atoms with Gasteiger partial charge in [0, 0.05) is 6.07 Å². The van der Waals surface area contributed by atoms with Gasteiger partial charge in [-0.1, -0.05) is 6.07 Å². The summed E-state index contributed by atoms with van der Waals surface area (Å²) in [5.74, 6) is -0.863. The summed E-state index contributed by atoms with van der Waals surface area (Å²) in [5, 5.41) is 8.82. The van der Waals surface area contributed by atoms with Gasteiger partial charge in [0.25, 0.3) is 0 Å². The van der Waals surface area contributed by atoms with E-state index in [1.54, 1.807) is 18.2 Å². The van der Waals surface area contributed by atoms with E-state index in [2.05, 4.69) is 4.98 Å². The third kappa shape index (κ3) is 3.93. The number of hydrogen-bond acceptors (Lipinski definition) is 5. The SMILES string of the molecule is COc1cccc(CS(=O)(=O)CC2(CC(=O)O)CC2)n1. The number of aliphatic carboxylic acids is 1. The van der Waals surface area contributed by atoms with Crippen LogP contribution in [-0.2, 0) is 20.4 Å². The molecule has 110 valence electrons. The van der Waals surface area contributed by atoms with Gasteiger partial charge in [-0.25, -0.2) is 13.4 Å². The van der Waals surface area contributed by atoms with E-state index in [0.29, 0.717) is 24.4 Å². The zero-order valence-corrected chi connectivity index (χ0v) is 12.0. The number of rotatable bonds is 7. The first kappa shape index (κ1) is 14.8. The van der Waals surface area contributed by atoms with E-state index in [0.717, 1.165) is 0 Å². The van der Waals surface area contributed by atoms with Gasteiger partial charge in [0.1, 0.15) is 0 Å². The molecule has 0 radical (unpaired) electrons. The summed E-state index contributed by atoms with van der Waals surface area (Å²) in [7, 11) is -1.92. The van der Waals surface area contributed by atoms with Gasteiger partial charge in [-0.15, -0.1) is 0 Å². The maximum Gasteiger partial charge on any atom is 0.303 e. The molecule has 1 heterocycles. The van der Waals surface area contributed by atoms with Crippen LogP contribution in [0.3, 0.4) is 0 Å². The number of aromatic nitrogens is 1. The zero-order valence-electron chi connectivity index (χ0n) is 11.2. The van der Waals surface area contributed by atoms with Crippen molar-refractivity contribution in [2.45, 2.75) is 25.0 Å². The molecule has 0 saturated heterocycles. The highest BCUT2D eigenvalue weighted by Gasteiger charge is 2.47. The summed E-state index contributed by atoms with van der Waals surface area (Å²) in [6.45, 7) is 0. The fraction of sp³-hybridized carbons (Fsp3) is 0.538. The first-order chi connectivity index (χ1) is 9.34. The summed E-state index contributed by atoms with van der Waals surface area (Å²) >= 11 is 0. The summed E-state index contributed by atoms with van der Waals surface area (Å²) < 4.78 is 29.3. The maximum atomic E-state index is 12.2. The maximum absolute atomic E-state index is 12.2. The van der Waals surface area contributed by atoms with Crippen molar-refractivity contribution in [3.63, 3.8) is 0 Å². The highest BCUT2D eigenvalue weighted by Crippen LogP contribution is 2.50. The van der Waals surface area contributed by atoms with Crippen molar-refractivity contribution in [3.8, 4) is 5.88 Å². The Morgan fingerprint density at radius 3 is 2.70 bits per heavy atom. The van der Waals surface area contributed by atoms with Crippen LogP contribution in [0.5, 0.6) is 5.88 Å². The van der Waals surface area contributed by atoms with Gasteiger partial charge in [-0.3, -0.25) is 4.79 Å². The quantitative estimate of drug-likeness (QED) is 0.814. The van der Waals surface area contributed by atoms with Crippen molar-refractivity contribution in [2.24, 2.45) is 5.41 Å². The van der Waals surface area contributed by atoms with E-state index in [1.165, 1.54) is 7.11 Å². The van der Waals surface area contributed by atoms with Crippen LogP contribution in [0.15, 0.2) is 18.2 Å². The second kappa shape index (κ2) is 5.40. The number of methoxy groups -OCH3 is 1. The lowest BCUT2D eigenvalue weighted by Gasteiger charge is -2.12. The summed E-state index contributed by atoms with van der Waals surface area (Å²) in [6, 6.07) is 4.95. The normalized spacial score (nSPS) is 16.6. The standard InChI is InChI=1S/C13H17NO5S/c1-19-11-4-2-3-10(14-11)8-20(17,18)9-13(5-6-13)7-12(15)16/h2-4H,5-9H2,1H3,(H,15,16). The minimum Gasteiger partial charge on any atom is -0.481 e. The molecule has 1 aliphatic carbocycles. The van der Waals surface area contributed by atoms with E-state index < -0.39 is 21.2 Å². The monoisotopic (exact) mass is 299 g/mol. The van der Waals surface area contributed by atoms with Gasteiger partial charge in [0.2, 0.25) is 5.88 Å². The highest BCUT2D eigenvalue weighted by atomic mass is 32.2. The molecule has 0 bridgehead atoms. The smallest absolute Gasteiger partial charge is 0.303 e. The average molecular weight is 299 g/mol. The molecule has 1 fully saturated rings. The van der Waals surface area contributed by atoms with Gasteiger partial charge in [-0.2, -0.15) is 0 Å². The second-order valence-corrected chi connectivity index (χ2v) is 7.34. The molecule has 0 amide bonds. The van der Waals surface area contributed by atoms with E-state index in [-0.39, 0.29) is 17.9 Å². The van der Waals surface area contributed by atoms with Crippen molar-refractivity contribution in [1.82, 2.24) is 4.98 Å². The van der Waals surface area contributed by atoms with E-state index in [9.17, 15) is 13.2 Å². The van der Waals surface area contributed by atoms with Crippen LogP contribution in [-0.4, -0.2) is 37.3 Å². The lowest BCUT2D eigenvalue weighted by molar-refractivity contribution is -0.138. The third-order valence-electron chi connectivity index (χ3n) is 3.37. The van der Waals surface area contributed by atoms with Crippen molar-refractivity contribution in [1.29, 1.82) is 0 Å². The van der Waals surface area contributed by atoms with Crippen LogP contribution in [0.25, 0.3) is 0 Å². The first-order valence-electron chi connectivity index (χ1n) is 6.26. The predicted octanol–water partition coefficient (Wildman–Crippen LogP) is 1.26. The number of carboxylic acid groups (broad SMARTS) is 1. The molecule has 2 rings (SSSR count). The molecule has 1 N–H and O–H groups in total. The molecule has 0 atom stereocenters. The topological polar surface area (TPSA) is 93.6 Å². The Balaban J connectivity index is 2.06. The fourth-order valence-corrected chi connectivity index (χ4v) is 4.30. The zero-order chi connectivity index (χ0) is 14.8. The van der Waals surface area contributed by atoms with Gasteiger partial charge in [0.15, 0.2) is 9.84 Å². The number of pyridine rings is 1. The van der Waals surface area contributed by atoms with Gasteiger partial charge >= 0.3 is 5.97 Å². The van der Waals surface area contributed by atoms with E-state index >= 15 is 0 Å². The first-order valence-corrected chi connectivity index (χ1v) is 8.08. The largest absolute Gasteiger partial charge is 0.481 e. The fourth-order valence-electron chi connectivity index (χ4n) is 2.26. The van der Waals surface area contributed by atoms with Crippen LogP contribution in [0, 0.1) is 5.41 Å². The van der Waals surface area contributed by atoms with Crippen LogP contribution >= 0.6 is 0 Å². The van der Waals surface area contributed by atoms with Gasteiger partial charge in [0.05, 0.1) is 30.7 Å². The molecule has 0 spiro atoms. The Morgan fingerprint density at radius 2 is 2.15 bits per heavy atom. The molecule has 7 heteroatoms. The average Bonchev–Trinajstić information content (AvgIpc) is 3.05. The van der Waals surface area contributed by atoms with E-state index in [1.807, 2.05) is 0 Å². The summed E-state index contributed by atoms with van der Waals surface area (Å²) in [6.07, 6.45) is 1.23. The molecule has 20 heavy (non-hydrogen) atoms. The Labute approximate surface area is 117 Å². The number of sulfone groups is 1. The van der Waals surface area contributed by atoms with Crippen molar-refractivity contribution < 1.29 is 23.1 Å². The highest BCUT2D eigenvalue weighted by molar-refractivity contribution is 7.90. The Morgan fingerprint density at radius 1 is 1.45 bits per heavy atom. The van der Waals surface area contributed by atoms with Crippen molar-refractivity contribution in [3.05, 3.63) is 23.9 Å². The van der Waals surface area contributed by atoms with Crippen LogP contribution in [0.1, 0.15) is 25.0 Å². The number of carboxylic acids is 1. The lowest BCUT2D eigenvalue weighted by atomic mass is 10.1.